The standard InChI is InChI=1S/C13H13FN2O2S/c1-8-6-11(12(16(17)18)7-10(8)14)15-9(2)13-4-3-5-19-13/h3-7,9,15H,1-2H3. The number of hydrogen-bond acceptors (Lipinski definition) is 4. The molecule has 1 N–H and O–H groups in total. The van der Waals surface area contributed by atoms with E-state index in [1.165, 1.54) is 6.07 Å². The van der Waals surface area contributed by atoms with E-state index in [4.69, 9.17) is 0 Å². The third-order valence-electron chi connectivity index (χ3n) is 2.82. The summed E-state index contributed by atoms with van der Waals surface area (Å²) in [6, 6.07) is 6.23. The Hall–Kier alpha value is -1.95. The molecule has 4 nitrogen and oxygen atoms in total. The molecule has 2 aromatic rings. The Morgan fingerprint density at radius 3 is 2.79 bits per heavy atom. The lowest BCUT2D eigenvalue weighted by molar-refractivity contribution is -0.384. The molecule has 1 aromatic heterocycles. The van der Waals surface area contributed by atoms with Crippen molar-refractivity contribution in [3.63, 3.8) is 0 Å². The molecule has 0 aliphatic carbocycles. The van der Waals surface area contributed by atoms with Crippen LogP contribution < -0.4 is 5.32 Å². The average Bonchev–Trinajstić information content (AvgIpc) is 2.86. The number of nitro benzene ring substituents is 1. The number of nitrogens with one attached hydrogen (secondary N) is 1. The fourth-order valence-electron chi connectivity index (χ4n) is 1.78. The van der Waals surface area contributed by atoms with Crippen molar-refractivity contribution >= 4 is 22.7 Å². The summed E-state index contributed by atoms with van der Waals surface area (Å²) < 4.78 is 13.4. The predicted octanol–water partition coefficient (Wildman–Crippen LogP) is 4.28. The zero-order valence-corrected chi connectivity index (χ0v) is 11.3. The molecule has 0 bridgehead atoms. The van der Waals surface area contributed by atoms with Gasteiger partial charge in [0.15, 0.2) is 0 Å². The van der Waals surface area contributed by atoms with Gasteiger partial charge in [0.25, 0.3) is 5.69 Å². The minimum Gasteiger partial charge on any atom is -0.372 e. The second-order valence-electron chi connectivity index (χ2n) is 4.26. The number of thiophene rings is 1. The van der Waals surface area contributed by atoms with Crippen molar-refractivity contribution < 1.29 is 9.31 Å². The number of anilines is 1. The average molecular weight is 280 g/mol. The molecule has 100 valence electrons. The molecule has 1 heterocycles. The topological polar surface area (TPSA) is 55.2 Å². The molecule has 19 heavy (non-hydrogen) atoms. The Kier molecular flexibility index (Phi) is 3.80. The Balaban J connectivity index is 2.33. The number of benzene rings is 1. The minimum atomic E-state index is -0.577. The second-order valence-corrected chi connectivity index (χ2v) is 5.24. The van der Waals surface area contributed by atoms with Crippen LogP contribution in [0.5, 0.6) is 0 Å². The first kappa shape index (κ1) is 13.5. The Labute approximate surface area is 114 Å². The number of aryl methyl sites for hydroxylation is 1. The summed E-state index contributed by atoms with van der Waals surface area (Å²) >= 11 is 1.57. The lowest BCUT2D eigenvalue weighted by Crippen LogP contribution is -2.07. The number of hydrogen-bond donors (Lipinski definition) is 1. The molecule has 0 radical (unpaired) electrons. The normalized spacial score (nSPS) is 12.2. The van der Waals surface area contributed by atoms with Crippen LogP contribution in [0.2, 0.25) is 0 Å². The Morgan fingerprint density at radius 1 is 1.47 bits per heavy atom. The highest BCUT2D eigenvalue weighted by atomic mass is 32.1. The maximum Gasteiger partial charge on any atom is 0.295 e. The van der Waals surface area contributed by atoms with E-state index in [1.54, 1.807) is 18.3 Å². The van der Waals surface area contributed by atoms with Crippen LogP contribution in [-0.2, 0) is 0 Å². The molecule has 0 spiro atoms. The molecule has 0 aliphatic heterocycles. The van der Waals surface area contributed by atoms with E-state index in [9.17, 15) is 14.5 Å². The summed E-state index contributed by atoms with van der Waals surface area (Å²) in [7, 11) is 0. The molecule has 1 unspecified atom stereocenters. The van der Waals surface area contributed by atoms with E-state index >= 15 is 0 Å². The van der Waals surface area contributed by atoms with Gasteiger partial charge < -0.3 is 5.32 Å². The molecule has 6 heteroatoms. The first-order valence-corrected chi connectivity index (χ1v) is 6.61. The summed E-state index contributed by atoms with van der Waals surface area (Å²) in [5.41, 5.74) is 0.475. The van der Waals surface area contributed by atoms with Crippen molar-refractivity contribution in [3.05, 3.63) is 56.0 Å². The number of halogens is 1. The van der Waals surface area contributed by atoms with Gasteiger partial charge in [-0.1, -0.05) is 6.07 Å². The molecular formula is C13H13FN2O2S. The monoisotopic (exact) mass is 280 g/mol. The Morgan fingerprint density at radius 2 is 2.21 bits per heavy atom. The van der Waals surface area contributed by atoms with Crippen LogP contribution in [0, 0.1) is 22.9 Å². The van der Waals surface area contributed by atoms with Gasteiger partial charge in [-0.05, 0) is 36.9 Å². The third-order valence-corrected chi connectivity index (χ3v) is 3.87. The summed E-state index contributed by atoms with van der Waals surface area (Å²) in [5, 5.41) is 16.0. The van der Waals surface area contributed by atoms with Crippen molar-refractivity contribution in [2.45, 2.75) is 19.9 Å². The molecule has 1 atom stereocenters. The van der Waals surface area contributed by atoms with Crippen LogP contribution in [0.4, 0.5) is 15.8 Å². The van der Waals surface area contributed by atoms with E-state index in [0.717, 1.165) is 10.9 Å². The first-order chi connectivity index (χ1) is 8.99. The molecule has 2 rings (SSSR count). The van der Waals surface area contributed by atoms with Gasteiger partial charge >= 0.3 is 0 Å². The van der Waals surface area contributed by atoms with E-state index in [2.05, 4.69) is 5.32 Å². The van der Waals surface area contributed by atoms with Crippen molar-refractivity contribution in [3.8, 4) is 0 Å². The van der Waals surface area contributed by atoms with E-state index in [0.29, 0.717) is 11.3 Å². The van der Waals surface area contributed by atoms with Crippen LogP contribution in [0.15, 0.2) is 29.6 Å². The smallest absolute Gasteiger partial charge is 0.295 e. The van der Waals surface area contributed by atoms with Gasteiger partial charge in [-0.2, -0.15) is 0 Å². The predicted molar refractivity (Wildman–Crippen MR) is 74.1 cm³/mol. The molecule has 0 amide bonds. The van der Waals surface area contributed by atoms with Crippen molar-refractivity contribution in [1.82, 2.24) is 0 Å². The summed E-state index contributed by atoms with van der Waals surface area (Å²) in [6.07, 6.45) is 0. The summed E-state index contributed by atoms with van der Waals surface area (Å²) in [6.45, 7) is 3.49. The molecule has 0 aliphatic rings. The zero-order chi connectivity index (χ0) is 14.0. The highest BCUT2D eigenvalue weighted by molar-refractivity contribution is 7.10. The molecule has 0 saturated carbocycles. The molecular weight excluding hydrogens is 267 g/mol. The maximum atomic E-state index is 13.4. The fourth-order valence-corrected chi connectivity index (χ4v) is 2.51. The second kappa shape index (κ2) is 5.36. The van der Waals surface area contributed by atoms with Crippen LogP contribution in [0.25, 0.3) is 0 Å². The van der Waals surface area contributed by atoms with Crippen LogP contribution in [0.3, 0.4) is 0 Å². The summed E-state index contributed by atoms with van der Waals surface area (Å²) in [5.74, 6) is -0.568. The minimum absolute atomic E-state index is 0.0661. The van der Waals surface area contributed by atoms with Gasteiger partial charge in [0, 0.05) is 4.88 Å². The SMILES string of the molecule is Cc1cc(NC(C)c2cccs2)c([N+](=O)[O-])cc1F. The first-order valence-electron chi connectivity index (χ1n) is 5.73. The van der Waals surface area contributed by atoms with E-state index in [1.807, 2.05) is 24.4 Å². The van der Waals surface area contributed by atoms with Gasteiger partial charge in [0.1, 0.15) is 11.5 Å². The van der Waals surface area contributed by atoms with E-state index in [-0.39, 0.29) is 11.7 Å². The van der Waals surface area contributed by atoms with Crippen molar-refractivity contribution in [2.24, 2.45) is 0 Å². The molecule has 0 fully saturated rings. The van der Waals surface area contributed by atoms with Crippen LogP contribution >= 0.6 is 11.3 Å². The zero-order valence-electron chi connectivity index (χ0n) is 10.5. The lowest BCUT2D eigenvalue weighted by atomic mass is 10.1. The van der Waals surface area contributed by atoms with Crippen molar-refractivity contribution in [1.29, 1.82) is 0 Å². The number of nitrogens with zero attached hydrogens (tertiary/aromatic N) is 1. The fraction of sp³-hybridized carbons (Fsp3) is 0.231. The van der Waals surface area contributed by atoms with E-state index < -0.39 is 10.7 Å². The van der Waals surface area contributed by atoms with Gasteiger partial charge in [-0.25, -0.2) is 4.39 Å². The van der Waals surface area contributed by atoms with Gasteiger partial charge in [0.2, 0.25) is 0 Å². The maximum absolute atomic E-state index is 13.4. The molecule has 0 saturated heterocycles. The molecule has 1 aromatic carbocycles. The van der Waals surface area contributed by atoms with Gasteiger partial charge in [-0.3, -0.25) is 10.1 Å². The van der Waals surface area contributed by atoms with Gasteiger partial charge in [-0.15, -0.1) is 11.3 Å². The number of nitro groups is 1. The van der Waals surface area contributed by atoms with Crippen molar-refractivity contribution in [2.75, 3.05) is 5.32 Å². The quantitative estimate of drug-likeness (QED) is 0.672. The van der Waals surface area contributed by atoms with Crippen LogP contribution in [0.1, 0.15) is 23.4 Å². The highest BCUT2D eigenvalue weighted by Gasteiger charge is 2.19. The van der Waals surface area contributed by atoms with Gasteiger partial charge in [0.05, 0.1) is 17.0 Å². The largest absolute Gasteiger partial charge is 0.372 e. The van der Waals surface area contributed by atoms with Crippen LogP contribution in [-0.4, -0.2) is 4.92 Å². The Bertz CT molecular complexity index is 599. The lowest BCUT2D eigenvalue weighted by Gasteiger charge is -2.14. The highest BCUT2D eigenvalue weighted by Crippen LogP contribution is 2.31. The summed E-state index contributed by atoms with van der Waals surface area (Å²) in [4.78, 5) is 11.4. The number of rotatable bonds is 4. The third kappa shape index (κ3) is 2.90.